The van der Waals surface area contributed by atoms with Crippen molar-refractivity contribution in [2.45, 2.75) is 32.0 Å². The molecule has 0 bridgehead atoms. The largest absolute Gasteiger partial charge is 0.471 e. The Morgan fingerprint density at radius 2 is 2.35 bits per heavy atom. The molecule has 0 unspecified atom stereocenters. The number of aromatic nitrogens is 3. The fourth-order valence-corrected chi connectivity index (χ4v) is 3.50. The number of aliphatic hydroxyl groups excluding tert-OH is 1. The summed E-state index contributed by atoms with van der Waals surface area (Å²) in [5.41, 5.74) is 1.43. The van der Waals surface area contributed by atoms with Crippen LogP contribution in [-0.4, -0.2) is 58.2 Å². The Morgan fingerprint density at radius 3 is 3.06 bits per heavy atom. The molecule has 2 aromatic rings. The second-order valence-electron chi connectivity index (χ2n) is 7.10. The van der Waals surface area contributed by atoms with Gasteiger partial charge in [-0.25, -0.2) is 14.8 Å². The average Bonchev–Trinajstić information content (AvgIpc) is 3.31. The third-order valence-corrected chi connectivity index (χ3v) is 5.06. The van der Waals surface area contributed by atoms with Crippen molar-refractivity contribution in [1.82, 2.24) is 15.0 Å². The van der Waals surface area contributed by atoms with Crippen molar-refractivity contribution in [1.29, 1.82) is 5.26 Å². The number of urea groups is 1. The van der Waals surface area contributed by atoms with Crippen LogP contribution < -0.4 is 15.0 Å². The van der Waals surface area contributed by atoms with E-state index in [2.05, 4.69) is 20.3 Å². The molecule has 1 fully saturated rings. The zero-order valence-electron chi connectivity index (χ0n) is 16.6. The molecular weight excluding hydrogens is 404 g/mol. The highest BCUT2D eigenvalue weighted by Crippen LogP contribution is 2.28. The molecule has 0 aliphatic carbocycles. The normalized spacial score (nSPS) is 17.5. The second-order valence-corrected chi connectivity index (χ2v) is 7.10. The van der Waals surface area contributed by atoms with Crippen molar-refractivity contribution in [3.05, 3.63) is 34.6 Å². The Morgan fingerprint density at radius 1 is 1.48 bits per heavy atom. The monoisotopic (exact) mass is 424 g/mol. The summed E-state index contributed by atoms with van der Waals surface area (Å²) in [6.07, 6.45) is 3.67. The number of nitrogens with one attached hydrogen (secondary N) is 1. The van der Waals surface area contributed by atoms with Crippen LogP contribution in [0.2, 0.25) is 0 Å². The van der Waals surface area contributed by atoms with E-state index in [4.69, 9.17) is 9.47 Å². The van der Waals surface area contributed by atoms with Crippen LogP contribution in [0.25, 0.3) is 0 Å². The van der Waals surface area contributed by atoms with Gasteiger partial charge in [-0.05, 0) is 24.5 Å². The van der Waals surface area contributed by atoms with Crippen LogP contribution in [0.5, 0.6) is 5.88 Å². The lowest BCUT2D eigenvalue weighted by atomic mass is 10.0. The van der Waals surface area contributed by atoms with Crippen molar-refractivity contribution in [3.63, 3.8) is 0 Å². The highest BCUT2D eigenvalue weighted by molar-refractivity contribution is 6.01. The minimum absolute atomic E-state index is 0.0207. The smallest absolute Gasteiger partial charge is 0.329 e. The van der Waals surface area contributed by atoms with E-state index in [9.17, 15) is 20.0 Å². The summed E-state index contributed by atoms with van der Waals surface area (Å²) < 4.78 is 11.0. The van der Waals surface area contributed by atoms with Gasteiger partial charge in [-0.2, -0.15) is 10.2 Å². The molecule has 1 saturated heterocycles. The van der Waals surface area contributed by atoms with Gasteiger partial charge in [0, 0.05) is 18.5 Å². The standard InChI is InChI=1S/C20H20N6O5/c21-7-14-8-22-19(24-18(14)31-15-3-5-30-11-15)25-20(29)26-4-1-2-12-6-13(9-27)16(10-28)23-17(12)26/h6,8,10,15,27H,1-5,9,11H2,(H,22,24,25,29)/t15-/m0/s1. The first-order chi connectivity index (χ1) is 15.1. The SMILES string of the molecule is N#Cc1cnc(NC(=O)N2CCCc3cc(CO)c(C=O)nc32)nc1O[C@H]1CCOC1. The van der Waals surface area contributed by atoms with Crippen LogP contribution in [0.1, 0.15) is 40.0 Å². The molecule has 0 spiro atoms. The lowest BCUT2D eigenvalue weighted by Gasteiger charge is -2.28. The molecule has 0 radical (unpaired) electrons. The van der Waals surface area contributed by atoms with E-state index in [0.717, 1.165) is 5.56 Å². The number of nitriles is 1. The maximum atomic E-state index is 12.9. The number of aliphatic hydroxyl groups is 1. The summed E-state index contributed by atoms with van der Waals surface area (Å²) in [5, 5.41) is 21.3. The van der Waals surface area contributed by atoms with Gasteiger partial charge in [0.1, 0.15) is 29.2 Å². The number of anilines is 2. The lowest BCUT2D eigenvalue weighted by Crippen LogP contribution is -2.40. The zero-order valence-corrected chi connectivity index (χ0v) is 16.6. The first-order valence-electron chi connectivity index (χ1n) is 9.81. The van der Waals surface area contributed by atoms with Crippen molar-refractivity contribution >= 4 is 24.1 Å². The fraction of sp³-hybridized carbons (Fsp3) is 0.400. The Hall–Kier alpha value is -3.62. The van der Waals surface area contributed by atoms with Crippen LogP contribution in [0.15, 0.2) is 12.3 Å². The topological polar surface area (TPSA) is 151 Å². The molecular formula is C20H20N6O5. The van der Waals surface area contributed by atoms with Crippen LogP contribution >= 0.6 is 0 Å². The van der Waals surface area contributed by atoms with Gasteiger partial charge in [0.05, 0.1) is 26.0 Å². The summed E-state index contributed by atoms with van der Waals surface area (Å²) in [7, 11) is 0. The molecule has 160 valence electrons. The van der Waals surface area contributed by atoms with Gasteiger partial charge in [-0.3, -0.25) is 15.0 Å². The van der Waals surface area contributed by atoms with Gasteiger partial charge < -0.3 is 14.6 Å². The van der Waals surface area contributed by atoms with Gasteiger partial charge in [-0.1, -0.05) is 0 Å². The maximum absolute atomic E-state index is 12.9. The van der Waals surface area contributed by atoms with Crippen molar-refractivity contribution < 1.29 is 24.2 Å². The molecule has 0 aromatic carbocycles. The zero-order chi connectivity index (χ0) is 21.8. The van der Waals surface area contributed by atoms with E-state index in [0.29, 0.717) is 56.7 Å². The van der Waals surface area contributed by atoms with Gasteiger partial charge in [0.2, 0.25) is 11.8 Å². The minimum Gasteiger partial charge on any atom is -0.471 e. The van der Waals surface area contributed by atoms with Gasteiger partial charge in [-0.15, -0.1) is 0 Å². The molecule has 31 heavy (non-hydrogen) atoms. The number of carbonyl (C=O) groups excluding carboxylic acids is 2. The molecule has 2 aromatic heterocycles. The summed E-state index contributed by atoms with van der Waals surface area (Å²) in [6, 6.07) is 3.14. The molecule has 11 heteroatoms. The first kappa shape index (κ1) is 20.6. The summed E-state index contributed by atoms with van der Waals surface area (Å²) in [4.78, 5) is 38.1. The number of pyridine rings is 1. The number of amides is 2. The highest BCUT2D eigenvalue weighted by Gasteiger charge is 2.27. The molecule has 4 rings (SSSR count). The number of ether oxygens (including phenoxy) is 2. The number of aldehydes is 1. The number of aryl methyl sites for hydroxylation is 1. The van der Waals surface area contributed by atoms with E-state index in [1.165, 1.54) is 11.1 Å². The number of hydrogen-bond acceptors (Lipinski definition) is 9. The first-order valence-corrected chi connectivity index (χ1v) is 9.81. The number of hydrogen-bond donors (Lipinski definition) is 2. The summed E-state index contributed by atoms with van der Waals surface area (Å²) in [6.45, 7) is 1.06. The number of carbonyl (C=O) groups is 2. The quantitative estimate of drug-likeness (QED) is 0.675. The van der Waals surface area contributed by atoms with E-state index in [1.807, 2.05) is 6.07 Å². The van der Waals surface area contributed by atoms with Crippen LogP contribution in [0.3, 0.4) is 0 Å². The fourth-order valence-electron chi connectivity index (χ4n) is 3.50. The van der Waals surface area contributed by atoms with Gasteiger partial charge in [0.25, 0.3) is 0 Å². The summed E-state index contributed by atoms with van der Waals surface area (Å²) in [5.74, 6) is 0.417. The number of fused-ring (bicyclic) bond motifs is 1. The van der Waals surface area contributed by atoms with E-state index >= 15 is 0 Å². The van der Waals surface area contributed by atoms with Crippen molar-refractivity contribution in [3.8, 4) is 11.9 Å². The molecule has 0 saturated carbocycles. The molecule has 2 aliphatic heterocycles. The predicted octanol–water partition coefficient (Wildman–Crippen LogP) is 1.20. The van der Waals surface area contributed by atoms with Crippen molar-refractivity contribution in [2.24, 2.45) is 0 Å². The Bertz CT molecular complexity index is 1050. The minimum atomic E-state index is -0.526. The van der Waals surface area contributed by atoms with Crippen LogP contribution in [-0.2, 0) is 17.8 Å². The van der Waals surface area contributed by atoms with Crippen LogP contribution in [0, 0.1) is 11.3 Å². The van der Waals surface area contributed by atoms with E-state index < -0.39 is 6.03 Å². The van der Waals surface area contributed by atoms with Crippen molar-refractivity contribution in [2.75, 3.05) is 30.0 Å². The maximum Gasteiger partial charge on any atom is 0.329 e. The van der Waals surface area contributed by atoms with Crippen LogP contribution in [0.4, 0.5) is 16.6 Å². The van der Waals surface area contributed by atoms with Gasteiger partial charge in [0.15, 0.2) is 6.29 Å². The highest BCUT2D eigenvalue weighted by atomic mass is 16.5. The Kier molecular flexibility index (Phi) is 6.01. The Labute approximate surface area is 177 Å². The molecule has 11 nitrogen and oxygen atoms in total. The third kappa shape index (κ3) is 4.30. The third-order valence-electron chi connectivity index (χ3n) is 5.06. The molecule has 2 amide bonds. The summed E-state index contributed by atoms with van der Waals surface area (Å²) >= 11 is 0. The lowest BCUT2D eigenvalue weighted by molar-refractivity contribution is 0.111. The Balaban J connectivity index is 1.56. The second kappa shape index (κ2) is 9.03. The number of nitrogens with zero attached hydrogens (tertiary/aromatic N) is 5. The molecule has 2 N–H and O–H groups in total. The van der Waals surface area contributed by atoms with E-state index in [-0.39, 0.29) is 35.8 Å². The predicted molar refractivity (Wildman–Crippen MR) is 107 cm³/mol. The molecule has 4 heterocycles. The van der Waals surface area contributed by atoms with Gasteiger partial charge >= 0.3 is 6.03 Å². The van der Waals surface area contributed by atoms with E-state index in [1.54, 1.807) is 6.07 Å². The average molecular weight is 424 g/mol. The molecule has 1 atom stereocenters. The molecule has 2 aliphatic rings. The number of rotatable bonds is 5.